The molecular weight excluding hydrogens is 358 g/mol. The summed E-state index contributed by atoms with van der Waals surface area (Å²) >= 11 is 0. The summed E-state index contributed by atoms with van der Waals surface area (Å²) in [5.74, 6) is -2.63. The lowest BCUT2D eigenvalue weighted by Crippen LogP contribution is -2.64. The van der Waals surface area contributed by atoms with Crippen LogP contribution in [-0.2, 0) is 25.6 Å². The van der Waals surface area contributed by atoms with Gasteiger partial charge in [-0.25, -0.2) is 4.79 Å². The van der Waals surface area contributed by atoms with Crippen molar-refractivity contribution in [2.45, 2.75) is 24.6 Å². The summed E-state index contributed by atoms with van der Waals surface area (Å²) in [6.45, 7) is 1.23. The van der Waals surface area contributed by atoms with Crippen molar-refractivity contribution in [3.8, 4) is 0 Å². The molecule has 1 rings (SSSR count). The first kappa shape index (κ1) is 21.0. The highest BCUT2D eigenvalue weighted by molar-refractivity contribution is 5.82. The standard InChI is InChI=1S/C15H14F6O4/c1-3-10-5-4-6-11(7-10)8-24-12(22)13(14(16,17)18,15(19,20)21)25-9-23-2/h3-7H,1,8-9H2,2H3. The van der Waals surface area contributed by atoms with Crippen molar-refractivity contribution in [3.05, 3.63) is 42.0 Å². The van der Waals surface area contributed by atoms with Gasteiger partial charge in [0.25, 0.3) is 0 Å². The highest BCUT2D eigenvalue weighted by Crippen LogP contribution is 2.46. The number of methoxy groups -OCH3 is 1. The zero-order chi connectivity index (χ0) is 19.3. The number of benzene rings is 1. The summed E-state index contributed by atoms with van der Waals surface area (Å²) in [6.07, 6.45) is -10.8. The van der Waals surface area contributed by atoms with Crippen molar-refractivity contribution < 1.29 is 45.3 Å². The molecule has 0 amide bonds. The van der Waals surface area contributed by atoms with Crippen molar-refractivity contribution in [2.75, 3.05) is 13.9 Å². The maximum atomic E-state index is 13.1. The van der Waals surface area contributed by atoms with E-state index in [0.29, 0.717) is 5.56 Å². The first-order valence-electron chi connectivity index (χ1n) is 6.64. The van der Waals surface area contributed by atoms with Gasteiger partial charge in [-0.3, -0.25) is 0 Å². The van der Waals surface area contributed by atoms with Crippen molar-refractivity contribution in [1.29, 1.82) is 0 Å². The number of carbonyl (C=O) groups is 1. The number of hydrogen-bond acceptors (Lipinski definition) is 4. The van der Waals surface area contributed by atoms with Gasteiger partial charge in [0.05, 0.1) is 0 Å². The van der Waals surface area contributed by atoms with E-state index in [1.807, 2.05) is 0 Å². The summed E-state index contributed by atoms with van der Waals surface area (Å²) in [5, 5.41) is 0. The molecule has 1 aromatic carbocycles. The maximum Gasteiger partial charge on any atom is 0.437 e. The Morgan fingerprint density at radius 2 is 1.76 bits per heavy atom. The van der Waals surface area contributed by atoms with Crippen molar-refractivity contribution in [2.24, 2.45) is 0 Å². The Morgan fingerprint density at radius 1 is 1.16 bits per heavy atom. The molecule has 0 aliphatic rings. The molecule has 1 aromatic rings. The molecule has 4 nitrogen and oxygen atoms in total. The van der Waals surface area contributed by atoms with E-state index in [4.69, 9.17) is 0 Å². The van der Waals surface area contributed by atoms with Crippen LogP contribution in [-0.4, -0.2) is 37.8 Å². The van der Waals surface area contributed by atoms with Gasteiger partial charge in [-0.15, -0.1) is 0 Å². The Balaban J connectivity index is 3.12. The summed E-state index contributed by atoms with van der Waals surface area (Å²) in [5.41, 5.74) is -4.43. The molecular formula is C15H14F6O4. The highest BCUT2D eigenvalue weighted by Gasteiger charge is 2.78. The lowest BCUT2D eigenvalue weighted by atomic mass is 10.0. The van der Waals surface area contributed by atoms with Gasteiger partial charge in [-0.2, -0.15) is 26.3 Å². The van der Waals surface area contributed by atoms with Crippen LogP contribution in [0.3, 0.4) is 0 Å². The molecule has 0 aliphatic carbocycles. The van der Waals surface area contributed by atoms with Crippen LogP contribution in [0.15, 0.2) is 30.8 Å². The summed E-state index contributed by atoms with van der Waals surface area (Å²) < 4.78 is 90.5. The first-order chi connectivity index (χ1) is 11.5. The largest absolute Gasteiger partial charge is 0.458 e. The Hall–Kier alpha value is -2.07. The van der Waals surface area contributed by atoms with Gasteiger partial charge in [0, 0.05) is 7.11 Å². The van der Waals surface area contributed by atoms with E-state index in [9.17, 15) is 31.1 Å². The molecule has 10 heteroatoms. The number of carbonyl (C=O) groups excluding carboxylic acids is 1. The molecule has 140 valence electrons. The molecule has 0 aliphatic heterocycles. The molecule has 0 atom stereocenters. The Bertz CT molecular complexity index is 595. The van der Waals surface area contributed by atoms with Gasteiger partial charge in [0.2, 0.25) is 0 Å². The predicted molar refractivity (Wildman–Crippen MR) is 74.1 cm³/mol. The van der Waals surface area contributed by atoms with Gasteiger partial charge in [0.15, 0.2) is 0 Å². The van der Waals surface area contributed by atoms with Crippen LogP contribution in [0.1, 0.15) is 11.1 Å². The van der Waals surface area contributed by atoms with Crippen LogP contribution in [0.4, 0.5) is 26.3 Å². The Kier molecular flexibility index (Phi) is 6.61. The van der Waals surface area contributed by atoms with Gasteiger partial charge in [-0.05, 0) is 17.2 Å². The molecule has 0 fully saturated rings. The second-order valence-corrected chi connectivity index (χ2v) is 4.75. The van der Waals surface area contributed by atoms with Gasteiger partial charge in [-0.1, -0.05) is 30.9 Å². The van der Waals surface area contributed by atoms with Crippen molar-refractivity contribution in [3.63, 3.8) is 0 Å². The lowest BCUT2D eigenvalue weighted by molar-refractivity contribution is -0.380. The van der Waals surface area contributed by atoms with E-state index in [0.717, 1.165) is 7.11 Å². The smallest absolute Gasteiger partial charge is 0.437 e. The first-order valence-corrected chi connectivity index (χ1v) is 6.64. The molecule has 0 radical (unpaired) electrons. The number of hydrogen-bond donors (Lipinski definition) is 0. The second kappa shape index (κ2) is 7.87. The number of halogens is 6. The van der Waals surface area contributed by atoms with Crippen molar-refractivity contribution in [1.82, 2.24) is 0 Å². The number of rotatable bonds is 7. The minimum Gasteiger partial charge on any atom is -0.458 e. The van der Waals surface area contributed by atoms with Gasteiger partial charge in [0.1, 0.15) is 13.4 Å². The number of esters is 1. The monoisotopic (exact) mass is 372 g/mol. The fourth-order valence-electron chi connectivity index (χ4n) is 1.82. The van der Waals surface area contributed by atoms with Crippen LogP contribution < -0.4 is 0 Å². The zero-order valence-electron chi connectivity index (χ0n) is 12.9. The number of alkyl halides is 6. The Labute approximate surface area is 139 Å². The van der Waals surface area contributed by atoms with Crippen LogP contribution >= 0.6 is 0 Å². The molecule has 25 heavy (non-hydrogen) atoms. The summed E-state index contributed by atoms with van der Waals surface area (Å²) in [7, 11) is 0.809. The summed E-state index contributed by atoms with van der Waals surface area (Å²) in [6, 6.07) is 5.82. The fraction of sp³-hybridized carbons (Fsp3) is 0.400. The molecule has 0 saturated carbocycles. The SMILES string of the molecule is C=Cc1cccc(COC(=O)C(OCOC)(C(F)(F)F)C(F)(F)F)c1. The zero-order valence-corrected chi connectivity index (χ0v) is 12.9. The van der Waals surface area contributed by atoms with E-state index in [-0.39, 0.29) is 5.56 Å². The van der Waals surface area contributed by atoms with Gasteiger partial charge >= 0.3 is 23.9 Å². The molecule has 0 unspecified atom stereocenters. The topological polar surface area (TPSA) is 44.8 Å². The molecule has 0 spiro atoms. The van der Waals surface area contributed by atoms with E-state index < -0.39 is 37.3 Å². The van der Waals surface area contributed by atoms with Crippen LogP contribution in [0.25, 0.3) is 6.08 Å². The van der Waals surface area contributed by atoms with E-state index >= 15 is 0 Å². The third-order valence-corrected chi connectivity index (χ3v) is 3.04. The van der Waals surface area contributed by atoms with Crippen LogP contribution in [0.5, 0.6) is 0 Å². The third kappa shape index (κ3) is 4.51. The minimum atomic E-state index is -6.11. The fourth-order valence-corrected chi connectivity index (χ4v) is 1.82. The highest BCUT2D eigenvalue weighted by atomic mass is 19.4. The van der Waals surface area contributed by atoms with E-state index in [1.54, 1.807) is 6.07 Å². The minimum absolute atomic E-state index is 0.177. The maximum absolute atomic E-state index is 13.1. The van der Waals surface area contributed by atoms with E-state index in [2.05, 4.69) is 20.8 Å². The van der Waals surface area contributed by atoms with Crippen molar-refractivity contribution >= 4 is 12.0 Å². The molecule has 0 heterocycles. The second-order valence-electron chi connectivity index (χ2n) is 4.75. The molecule has 0 aromatic heterocycles. The molecule has 0 bridgehead atoms. The predicted octanol–water partition coefficient (Wildman–Crippen LogP) is 3.86. The van der Waals surface area contributed by atoms with Gasteiger partial charge < -0.3 is 14.2 Å². The van der Waals surface area contributed by atoms with Crippen LogP contribution in [0, 0.1) is 0 Å². The lowest BCUT2D eigenvalue weighted by Gasteiger charge is -2.34. The molecule has 0 saturated heterocycles. The third-order valence-electron chi connectivity index (χ3n) is 3.04. The Morgan fingerprint density at radius 3 is 2.24 bits per heavy atom. The average Bonchev–Trinajstić information content (AvgIpc) is 2.51. The quantitative estimate of drug-likeness (QED) is 0.414. The molecule has 0 N–H and O–H groups in total. The normalized spacial score (nSPS) is 12.8. The van der Waals surface area contributed by atoms with E-state index in [1.165, 1.54) is 24.3 Å². The average molecular weight is 372 g/mol. The van der Waals surface area contributed by atoms with Crippen LogP contribution in [0.2, 0.25) is 0 Å². The summed E-state index contributed by atoms with van der Waals surface area (Å²) in [4.78, 5) is 11.7. The number of ether oxygens (including phenoxy) is 3.